The molecule has 4 atom stereocenters. The summed E-state index contributed by atoms with van der Waals surface area (Å²) >= 11 is 0. The van der Waals surface area contributed by atoms with Crippen molar-refractivity contribution in [2.75, 3.05) is 19.6 Å². The van der Waals surface area contributed by atoms with Crippen LogP contribution in [0.1, 0.15) is 63.0 Å². The van der Waals surface area contributed by atoms with Crippen molar-refractivity contribution < 1.29 is 19.1 Å². The number of carbonyl (C=O) groups is 2. The molecule has 3 saturated heterocycles. The van der Waals surface area contributed by atoms with Crippen LogP contribution in [0.3, 0.4) is 0 Å². The maximum absolute atomic E-state index is 13.3. The molecule has 4 fully saturated rings. The number of carboxylic acid groups (broad SMARTS) is 1. The molecule has 1 amide bonds. The zero-order chi connectivity index (χ0) is 24.6. The van der Waals surface area contributed by atoms with E-state index in [-0.39, 0.29) is 23.6 Å². The first-order valence-corrected chi connectivity index (χ1v) is 12.8. The largest absolute Gasteiger partial charge is 0.481 e. The predicted molar refractivity (Wildman–Crippen MR) is 130 cm³/mol. The van der Waals surface area contributed by atoms with E-state index in [0.29, 0.717) is 30.8 Å². The molecule has 35 heavy (non-hydrogen) atoms. The minimum atomic E-state index is -0.806. The number of aromatic nitrogens is 2. The standard InChI is InChI=1S/C27H35FN4O3/c1-31-24(13-23(30-31)18-4-6-20(28)7-5-18)22-17-32-11-8-19(22)12-21(32)16-29-25(33)14-27(15-26(34)35)9-2-3-10-27/h4-7,13,19,21-22H,2-3,8-12,14-17H2,1H3,(H,29,33)(H,34,35)/t19-,21+,22+/m0/s1. The molecule has 188 valence electrons. The summed E-state index contributed by atoms with van der Waals surface area (Å²) in [5.74, 6) is -0.144. The average Bonchev–Trinajstić information content (AvgIpc) is 3.44. The fraction of sp³-hybridized carbons (Fsp3) is 0.593. The van der Waals surface area contributed by atoms with Crippen molar-refractivity contribution in [2.45, 2.75) is 63.3 Å². The molecule has 3 aliphatic heterocycles. The number of aliphatic carboxylic acids is 1. The van der Waals surface area contributed by atoms with Gasteiger partial charge in [-0.25, -0.2) is 4.39 Å². The van der Waals surface area contributed by atoms with Gasteiger partial charge in [-0.2, -0.15) is 5.10 Å². The summed E-state index contributed by atoms with van der Waals surface area (Å²) in [5, 5.41) is 17.2. The first kappa shape index (κ1) is 24.0. The first-order chi connectivity index (χ1) is 16.8. The molecule has 2 bridgehead atoms. The Balaban J connectivity index is 1.19. The number of amides is 1. The van der Waals surface area contributed by atoms with Crippen molar-refractivity contribution in [2.24, 2.45) is 18.4 Å². The van der Waals surface area contributed by atoms with Gasteiger partial charge >= 0.3 is 5.97 Å². The van der Waals surface area contributed by atoms with Gasteiger partial charge in [0.25, 0.3) is 0 Å². The van der Waals surface area contributed by atoms with Gasteiger partial charge < -0.3 is 10.4 Å². The molecular weight excluding hydrogens is 447 g/mol. The number of nitrogens with one attached hydrogen (secondary N) is 1. The number of nitrogens with zero attached hydrogens (tertiary/aromatic N) is 3. The number of aryl methyl sites for hydroxylation is 1. The predicted octanol–water partition coefficient (Wildman–Crippen LogP) is 3.95. The molecule has 0 radical (unpaired) electrons. The second-order valence-corrected chi connectivity index (χ2v) is 10.9. The van der Waals surface area contributed by atoms with E-state index >= 15 is 0 Å². The third-order valence-electron chi connectivity index (χ3n) is 8.58. The fourth-order valence-electron chi connectivity index (χ4n) is 6.77. The highest BCUT2D eigenvalue weighted by Gasteiger charge is 2.42. The molecule has 1 aliphatic carbocycles. The third-order valence-corrected chi connectivity index (χ3v) is 8.58. The molecule has 1 saturated carbocycles. The molecule has 4 aliphatic rings. The van der Waals surface area contributed by atoms with Gasteiger partial charge in [0.05, 0.1) is 12.1 Å². The highest BCUT2D eigenvalue weighted by atomic mass is 19.1. The van der Waals surface area contributed by atoms with Crippen LogP contribution in [0.4, 0.5) is 4.39 Å². The van der Waals surface area contributed by atoms with E-state index in [1.807, 2.05) is 11.7 Å². The van der Waals surface area contributed by atoms with Crippen molar-refractivity contribution in [3.05, 3.63) is 41.8 Å². The number of rotatable bonds is 8. The van der Waals surface area contributed by atoms with E-state index < -0.39 is 5.97 Å². The van der Waals surface area contributed by atoms with Crippen molar-refractivity contribution in [3.8, 4) is 11.3 Å². The molecule has 1 aromatic carbocycles. The quantitative estimate of drug-likeness (QED) is 0.595. The van der Waals surface area contributed by atoms with Gasteiger partial charge in [0.2, 0.25) is 5.91 Å². The van der Waals surface area contributed by atoms with Gasteiger partial charge in [-0.3, -0.25) is 19.2 Å². The molecule has 6 rings (SSSR count). The van der Waals surface area contributed by atoms with E-state index in [4.69, 9.17) is 5.10 Å². The van der Waals surface area contributed by atoms with Gasteiger partial charge in [0.1, 0.15) is 5.82 Å². The normalized spacial score (nSPS) is 27.1. The maximum Gasteiger partial charge on any atom is 0.303 e. The van der Waals surface area contributed by atoms with Crippen molar-refractivity contribution in [1.82, 2.24) is 20.0 Å². The lowest BCUT2D eigenvalue weighted by atomic mass is 9.74. The summed E-state index contributed by atoms with van der Waals surface area (Å²) in [6, 6.07) is 8.92. The summed E-state index contributed by atoms with van der Waals surface area (Å²) in [6.45, 7) is 2.60. The Bertz CT molecular complexity index is 1080. The zero-order valence-corrected chi connectivity index (χ0v) is 20.4. The Morgan fingerprint density at radius 3 is 2.60 bits per heavy atom. The van der Waals surface area contributed by atoms with Crippen molar-refractivity contribution >= 4 is 11.9 Å². The smallest absolute Gasteiger partial charge is 0.303 e. The lowest BCUT2D eigenvalue weighted by Crippen LogP contribution is -2.56. The van der Waals surface area contributed by atoms with Crippen LogP contribution in [-0.4, -0.2) is 57.3 Å². The minimum absolute atomic E-state index is 0.0112. The SMILES string of the molecule is Cn1nc(-c2ccc(F)cc2)cc1[C@@H]1CN2CC[C@H]1C[C@@H]2CNC(=O)CC1(CC(=O)O)CCCC1. The highest BCUT2D eigenvalue weighted by molar-refractivity contribution is 5.78. The van der Waals surface area contributed by atoms with Gasteiger partial charge in [0.15, 0.2) is 0 Å². The number of fused-ring (bicyclic) bond motifs is 3. The van der Waals surface area contributed by atoms with Crippen LogP contribution in [0.25, 0.3) is 11.3 Å². The second-order valence-electron chi connectivity index (χ2n) is 10.9. The Morgan fingerprint density at radius 2 is 1.94 bits per heavy atom. The number of hydrogen-bond acceptors (Lipinski definition) is 4. The van der Waals surface area contributed by atoms with Crippen LogP contribution in [0.5, 0.6) is 0 Å². The monoisotopic (exact) mass is 482 g/mol. The zero-order valence-electron chi connectivity index (χ0n) is 20.4. The Hall–Kier alpha value is -2.74. The Labute approximate surface area is 205 Å². The molecular formula is C27H35FN4O3. The summed E-state index contributed by atoms with van der Waals surface area (Å²) in [5.41, 5.74) is 2.62. The van der Waals surface area contributed by atoms with Crippen LogP contribution < -0.4 is 5.32 Å². The topological polar surface area (TPSA) is 87.5 Å². The summed E-state index contributed by atoms with van der Waals surface area (Å²) in [4.78, 5) is 26.6. The Kier molecular flexibility index (Phi) is 6.66. The molecule has 0 spiro atoms. The van der Waals surface area contributed by atoms with E-state index in [2.05, 4.69) is 16.3 Å². The van der Waals surface area contributed by atoms with Crippen LogP contribution in [0, 0.1) is 17.2 Å². The summed E-state index contributed by atoms with van der Waals surface area (Å²) in [7, 11) is 1.98. The third kappa shape index (κ3) is 5.13. The number of carbonyl (C=O) groups excluding carboxylic acids is 1. The van der Waals surface area contributed by atoms with Crippen molar-refractivity contribution in [3.63, 3.8) is 0 Å². The summed E-state index contributed by atoms with van der Waals surface area (Å²) in [6.07, 6.45) is 6.25. The molecule has 2 N–H and O–H groups in total. The molecule has 1 unspecified atom stereocenters. The van der Waals surface area contributed by atoms with Gasteiger partial charge in [-0.15, -0.1) is 0 Å². The molecule has 8 heteroatoms. The van der Waals surface area contributed by atoms with E-state index in [9.17, 15) is 19.1 Å². The fourth-order valence-corrected chi connectivity index (χ4v) is 6.77. The van der Waals surface area contributed by atoms with E-state index in [1.165, 1.54) is 17.8 Å². The van der Waals surface area contributed by atoms with Crippen LogP contribution in [0.2, 0.25) is 0 Å². The maximum atomic E-state index is 13.3. The van der Waals surface area contributed by atoms with Crippen LogP contribution >= 0.6 is 0 Å². The molecule has 4 heterocycles. The average molecular weight is 483 g/mol. The summed E-state index contributed by atoms with van der Waals surface area (Å²) < 4.78 is 15.3. The van der Waals surface area contributed by atoms with Gasteiger partial charge in [-0.1, -0.05) is 12.8 Å². The number of hydrogen-bond donors (Lipinski definition) is 2. The van der Waals surface area contributed by atoms with Gasteiger partial charge in [-0.05, 0) is 73.9 Å². The number of halogens is 1. The molecule has 2 aromatic rings. The minimum Gasteiger partial charge on any atom is -0.481 e. The molecule has 1 aromatic heterocycles. The number of piperidine rings is 3. The van der Waals surface area contributed by atoms with Crippen LogP contribution in [-0.2, 0) is 16.6 Å². The number of benzene rings is 1. The second kappa shape index (κ2) is 9.72. The van der Waals surface area contributed by atoms with Crippen molar-refractivity contribution in [1.29, 1.82) is 0 Å². The van der Waals surface area contributed by atoms with Gasteiger partial charge in [0, 0.05) is 49.8 Å². The van der Waals surface area contributed by atoms with E-state index in [0.717, 1.165) is 62.9 Å². The first-order valence-electron chi connectivity index (χ1n) is 12.8. The lowest BCUT2D eigenvalue weighted by molar-refractivity contribution is -0.140. The molecule has 7 nitrogen and oxygen atoms in total. The van der Waals surface area contributed by atoms with E-state index in [1.54, 1.807) is 12.1 Å². The Morgan fingerprint density at radius 1 is 1.20 bits per heavy atom. The number of carboxylic acids is 1. The lowest BCUT2D eigenvalue weighted by Gasteiger charge is -2.50. The van der Waals surface area contributed by atoms with Crippen LogP contribution in [0.15, 0.2) is 30.3 Å². The highest BCUT2D eigenvalue weighted by Crippen LogP contribution is 2.44.